The van der Waals surface area contributed by atoms with Gasteiger partial charge >= 0.3 is 5.97 Å². The molecule has 0 saturated heterocycles. The van der Waals surface area contributed by atoms with E-state index in [1.807, 2.05) is 0 Å². The lowest BCUT2D eigenvalue weighted by Crippen LogP contribution is -2.41. The zero-order chi connectivity index (χ0) is 13.9. The number of benzene rings is 1. The van der Waals surface area contributed by atoms with Gasteiger partial charge in [0, 0.05) is 0 Å². The van der Waals surface area contributed by atoms with Gasteiger partial charge in [-0.25, -0.2) is 0 Å². The average Bonchev–Trinajstić information content (AvgIpc) is 2.26. The minimum atomic E-state index is -1.17. The van der Waals surface area contributed by atoms with Crippen molar-refractivity contribution in [2.75, 3.05) is 0 Å². The van der Waals surface area contributed by atoms with Crippen LogP contribution in [0.3, 0.4) is 0 Å². The molecule has 0 radical (unpaired) electrons. The lowest BCUT2D eigenvalue weighted by molar-refractivity contribution is -0.159. The summed E-state index contributed by atoms with van der Waals surface area (Å²) >= 11 is 0. The highest BCUT2D eigenvalue weighted by Crippen LogP contribution is 2.20. The Morgan fingerprint density at radius 1 is 1.28 bits per heavy atom. The maximum atomic E-state index is 11.7. The van der Waals surface area contributed by atoms with Crippen molar-refractivity contribution in [3.05, 3.63) is 29.8 Å². The Hall–Kier alpha value is -1.59. The van der Waals surface area contributed by atoms with E-state index in [2.05, 4.69) is 0 Å². The number of aliphatic hydroxyl groups is 1. The number of rotatable bonds is 3. The molecule has 100 valence electrons. The van der Waals surface area contributed by atoms with Crippen molar-refractivity contribution in [1.82, 2.24) is 0 Å². The van der Waals surface area contributed by atoms with Crippen LogP contribution in [0.1, 0.15) is 32.4 Å². The van der Waals surface area contributed by atoms with Gasteiger partial charge in [-0.2, -0.15) is 0 Å². The minimum Gasteiger partial charge on any atom is -0.508 e. The molecule has 1 rings (SSSR count). The fourth-order valence-electron chi connectivity index (χ4n) is 1.38. The molecule has 1 aromatic carbocycles. The van der Waals surface area contributed by atoms with Crippen molar-refractivity contribution in [2.24, 2.45) is 5.73 Å². The summed E-state index contributed by atoms with van der Waals surface area (Å²) in [5.74, 6) is -0.583. The first-order valence-electron chi connectivity index (χ1n) is 5.66. The number of esters is 1. The number of aromatic hydroxyl groups is 1. The number of hydrogen-bond donors (Lipinski definition) is 3. The standard InChI is InChI=1S/C13H19NO4/c1-13(2,3)18-12(17)10(14)11(16)8-4-6-9(15)7-5-8/h4-7,10-11,15-16H,14H2,1-3H3. The maximum absolute atomic E-state index is 11.7. The number of phenols is 1. The fourth-order valence-corrected chi connectivity index (χ4v) is 1.38. The van der Waals surface area contributed by atoms with Crippen LogP contribution in [-0.4, -0.2) is 27.8 Å². The zero-order valence-corrected chi connectivity index (χ0v) is 10.8. The molecule has 0 amide bonds. The van der Waals surface area contributed by atoms with E-state index < -0.39 is 23.7 Å². The molecule has 2 unspecified atom stereocenters. The van der Waals surface area contributed by atoms with Crippen molar-refractivity contribution in [2.45, 2.75) is 38.5 Å². The van der Waals surface area contributed by atoms with Crippen LogP contribution in [0.2, 0.25) is 0 Å². The van der Waals surface area contributed by atoms with E-state index in [1.54, 1.807) is 20.8 Å². The van der Waals surface area contributed by atoms with Gasteiger partial charge in [-0.3, -0.25) is 4.79 Å². The van der Waals surface area contributed by atoms with Gasteiger partial charge in [0.25, 0.3) is 0 Å². The van der Waals surface area contributed by atoms with Crippen LogP contribution in [0.5, 0.6) is 5.75 Å². The van der Waals surface area contributed by atoms with Crippen LogP contribution in [0, 0.1) is 0 Å². The molecule has 18 heavy (non-hydrogen) atoms. The molecule has 0 aliphatic heterocycles. The molecule has 2 atom stereocenters. The van der Waals surface area contributed by atoms with Crippen LogP contribution in [-0.2, 0) is 9.53 Å². The maximum Gasteiger partial charge on any atom is 0.326 e. The molecule has 0 heterocycles. The van der Waals surface area contributed by atoms with Gasteiger partial charge < -0.3 is 20.7 Å². The first-order chi connectivity index (χ1) is 8.20. The van der Waals surface area contributed by atoms with Gasteiger partial charge in [0.05, 0.1) is 0 Å². The second-order valence-electron chi connectivity index (χ2n) is 5.10. The van der Waals surface area contributed by atoms with Gasteiger partial charge in [-0.05, 0) is 38.5 Å². The van der Waals surface area contributed by atoms with E-state index in [-0.39, 0.29) is 5.75 Å². The number of ether oxygens (including phenoxy) is 1. The van der Waals surface area contributed by atoms with E-state index in [4.69, 9.17) is 15.6 Å². The monoisotopic (exact) mass is 253 g/mol. The van der Waals surface area contributed by atoms with Gasteiger partial charge in [0.1, 0.15) is 23.5 Å². The highest BCUT2D eigenvalue weighted by Gasteiger charge is 2.28. The molecule has 1 aromatic rings. The van der Waals surface area contributed by atoms with E-state index >= 15 is 0 Å². The first kappa shape index (κ1) is 14.5. The van der Waals surface area contributed by atoms with E-state index in [0.29, 0.717) is 5.56 Å². The van der Waals surface area contributed by atoms with Crippen LogP contribution in [0.15, 0.2) is 24.3 Å². The minimum absolute atomic E-state index is 0.0804. The molecule has 0 bridgehead atoms. The van der Waals surface area contributed by atoms with Gasteiger partial charge in [-0.1, -0.05) is 12.1 Å². The highest BCUT2D eigenvalue weighted by molar-refractivity contribution is 5.77. The van der Waals surface area contributed by atoms with Crippen LogP contribution < -0.4 is 5.73 Å². The van der Waals surface area contributed by atoms with Crippen molar-refractivity contribution in [3.63, 3.8) is 0 Å². The van der Waals surface area contributed by atoms with Gasteiger partial charge in [0.15, 0.2) is 0 Å². The van der Waals surface area contributed by atoms with Crippen LogP contribution >= 0.6 is 0 Å². The van der Waals surface area contributed by atoms with Crippen LogP contribution in [0.25, 0.3) is 0 Å². The third kappa shape index (κ3) is 4.01. The molecule has 5 heteroatoms. The number of nitrogens with two attached hydrogens (primary N) is 1. The van der Waals surface area contributed by atoms with Crippen LogP contribution in [0.4, 0.5) is 0 Å². The molecule has 0 saturated carbocycles. The van der Waals surface area contributed by atoms with Gasteiger partial charge in [0.2, 0.25) is 0 Å². The molecule has 0 fully saturated rings. The summed E-state index contributed by atoms with van der Waals surface area (Å²) in [6.07, 6.45) is -1.17. The Morgan fingerprint density at radius 3 is 2.22 bits per heavy atom. The molecule has 0 aliphatic carbocycles. The van der Waals surface area contributed by atoms with E-state index in [1.165, 1.54) is 24.3 Å². The predicted molar refractivity (Wildman–Crippen MR) is 66.9 cm³/mol. The molecule has 0 spiro atoms. The number of carbonyl (C=O) groups is 1. The molecule has 4 N–H and O–H groups in total. The Labute approximate surface area is 106 Å². The Kier molecular flexibility index (Phi) is 4.32. The smallest absolute Gasteiger partial charge is 0.326 e. The normalized spacial score (nSPS) is 14.9. The quantitative estimate of drug-likeness (QED) is 0.701. The molecule has 5 nitrogen and oxygen atoms in total. The largest absolute Gasteiger partial charge is 0.508 e. The topological polar surface area (TPSA) is 92.8 Å². The summed E-state index contributed by atoms with van der Waals surface area (Å²) in [5, 5.41) is 19.1. The van der Waals surface area contributed by atoms with Gasteiger partial charge in [-0.15, -0.1) is 0 Å². The number of aliphatic hydroxyl groups excluding tert-OH is 1. The number of hydrogen-bond acceptors (Lipinski definition) is 5. The predicted octanol–water partition coefficient (Wildman–Crippen LogP) is 1.09. The second kappa shape index (κ2) is 5.37. The van der Waals surface area contributed by atoms with Crippen molar-refractivity contribution in [3.8, 4) is 5.75 Å². The van der Waals surface area contributed by atoms with Crippen molar-refractivity contribution < 1.29 is 19.7 Å². The number of phenolic OH excluding ortho intramolecular Hbond substituents is 1. The summed E-state index contributed by atoms with van der Waals surface area (Å²) in [6.45, 7) is 5.18. The Balaban J connectivity index is 2.74. The van der Waals surface area contributed by atoms with Crippen molar-refractivity contribution in [1.29, 1.82) is 0 Å². The third-order valence-electron chi connectivity index (χ3n) is 2.25. The fraction of sp³-hybridized carbons (Fsp3) is 0.462. The number of carbonyl (C=O) groups excluding carboxylic acids is 1. The SMILES string of the molecule is CC(C)(C)OC(=O)C(N)C(O)c1ccc(O)cc1. The first-order valence-corrected chi connectivity index (χ1v) is 5.66. The Bertz CT molecular complexity index is 408. The molecular formula is C13H19NO4. The second-order valence-corrected chi connectivity index (χ2v) is 5.10. The molecule has 0 aliphatic rings. The third-order valence-corrected chi connectivity index (χ3v) is 2.25. The summed E-state index contributed by atoms with van der Waals surface area (Å²) in [4.78, 5) is 11.7. The zero-order valence-electron chi connectivity index (χ0n) is 10.8. The van der Waals surface area contributed by atoms with E-state index in [0.717, 1.165) is 0 Å². The lowest BCUT2D eigenvalue weighted by atomic mass is 10.0. The summed E-state index contributed by atoms with van der Waals surface area (Å²) in [7, 11) is 0. The Morgan fingerprint density at radius 2 is 1.78 bits per heavy atom. The lowest BCUT2D eigenvalue weighted by Gasteiger charge is -2.24. The van der Waals surface area contributed by atoms with Crippen molar-refractivity contribution >= 4 is 5.97 Å². The van der Waals surface area contributed by atoms with E-state index in [9.17, 15) is 9.90 Å². The average molecular weight is 253 g/mol. The summed E-state index contributed by atoms with van der Waals surface area (Å²) in [6, 6.07) is 4.68. The summed E-state index contributed by atoms with van der Waals surface area (Å²) < 4.78 is 5.09. The molecule has 0 aromatic heterocycles. The summed E-state index contributed by atoms with van der Waals surface area (Å²) in [5.41, 5.74) is 5.45. The highest BCUT2D eigenvalue weighted by atomic mass is 16.6. The molecular weight excluding hydrogens is 234 g/mol.